The van der Waals surface area contributed by atoms with Crippen molar-refractivity contribution in [2.75, 3.05) is 12.3 Å². The minimum absolute atomic E-state index is 0.00868. The number of carbonyl (C=O) groups is 10. The molecule has 1 aliphatic rings. The van der Waals surface area contributed by atoms with Crippen molar-refractivity contribution in [3.05, 3.63) is 108 Å². The van der Waals surface area contributed by atoms with Crippen LogP contribution in [0.15, 0.2) is 91.1 Å². The topological polar surface area (TPSA) is 331 Å². The Bertz CT molecular complexity index is 2570. The van der Waals surface area contributed by atoms with Crippen molar-refractivity contribution >= 4 is 82.8 Å². The highest BCUT2D eigenvalue weighted by atomic mass is 32.1. The summed E-state index contributed by atoms with van der Waals surface area (Å²) in [5.41, 5.74) is 2.87. The third-order valence-electron chi connectivity index (χ3n) is 13.0. The first-order valence-corrected chi connectivity index (χ1v) is 25.5. The Morgan fingerprint density at radius 3 is 1.64 bits per heavy atom. The van der Waals surface area contributed by atoms with Gasteiger partial charge in [-0.1, -0.05) is 111 Å². The Morgan fingerprint density at radius 2 is 1.08 bits per heavy atom. The number of aliphatic carboxylic acids is 3. The van der Waals surface area contributed by atoms with E-state index in [4.69, 9.17) is 0 Å². The van der Waals surface area contributed by atoms with E-state index in [2.05, 4.69) is 54.8 Å². The van der Waals surface area contributed by atoms with Crippen LogP contribution in [0.2, 0.25) is 0 Å². The van der Waals surface area contributed by atoms with Gasteiger partial charge in [0, 0.05) is 55.1 Å². The number of carboxylic acids is 3. The maximum Gasteiger partial charge on any atom is 0.305 e. The Hall–Kier alpha value is -7.75. The molecule has 0 aliphatic heterocycles. The lowest BCUT2D eigenvalue weighted by Crippen LogP contribution is -2.61. The van der Waals surface area contributed by atoms with Gasteiger partial charge in [-0.25, -0.2) is 0 Å². The molecule has 0 saturated heterocycles. The zero-order valence-corrected chi connectivity index (χ0v) is 42.4. The Balaban J connectivity index is 1.44. The van der Waals surface area contributed by atoms with Crippen molar-refractivity contribution in [3.63, 3.8) is 0 Å². The first kappa shape index (κ1) is 58.1. The molecule has 7 amide bonds. The van der Waals surface area contributed by atoms with Gasteiger partial charge in [-0.15, -0.1) is 0 Å². The fourth-order valence-corrected chi connectivity index (χ4v) is 9.45. The molecule has 1 aliphatic carbocycles. The highest BCUT2D eigenvalue weighted by Crippen LogP contribution is 2.30. The lowest BCUT2D eigenvalue weighted by molar-refractivity contribution is -0.141. The van der Waals surface area contributed by atoms with Crippen molar-refractivity contribution in [2.45, 2.75) is 126 Å². The molecule has 4 aromatic rings. The average Bonchev–Trinajstić information content (AvgIpc) is 3.80. The molecule has 3 aromatic carbocycles. The summed E-state index contributed by atoms with van der Waals surface area (Å²) in [6.07, 6.45) is 3.53. The number of H-pyrrole nitrogens is 1. The van der Waals surface area contributed by atoms with E-state index in [0.29, 0.717) is 17.5 Å². The molecule has 1 aromatic heterocycles. The molecular weight excluding hydrogens is 989 g/mol. The van der Waals surface area contributed by atoms with Crippen LogP contribution in [0.4, 0.5) is 0 Å². The lowest BCUT2D eigenvalue weighted by Gasteiger charge is -2.32. The van der Waals surface area contributed by atoms with E-state index in [1.165, 1.54) is 0 Å². The van der Waals surface area contributed by atoms with Gasteiger partial charge in [0.15, 0.2) is 0 Å². The van der Waals surface area contributed by atoms with Crippen LogP contribution in [-0.2, 0) is 54.4 Å². The summed E-state index contributed by atoms with van der Waals surface area (Å²) in [5, 5.41) is 48.0. The average molecular weight is 1060 g/mol. The molecule has 1 fully saturated rings. The first-order chi connectivity index (χ1) is 35.9. The van der Waals surface area contributed by atoms with E-state index in [9.17, 15) is 58.5 Å². The number of benzene rings is 3. The van der Waals surface area contributed by atoms with Gasteiger partial charge in [0.1, 0.15) is 36.3 Å². The molecule has 75 heavy (non-hydrogen) atoms. The molecule has 402 valence electrons. The van der Waals surface area contributed by atoms with Gasteiger partial charge in [-0.2, -0.15) is 12.6 Å². The van der Waals surface area contributed by atoms with Crippen molar-refractivity contribution in [1.29, 1.82) is 0 Å². The number of carboxylic acid groups (broad SMARTS) is 3. The van der Waals surface area contributed by atoms with E-state index in [1.807, 2.05) is 30.5 Å². The second-order valence-electron chi connectivity index (χ2n) is 18.6. The number of thiol groups is 1. The number of hydrogen-bond acceptors (Lipinski definition) is 11. The normalized spacial score (nSPS) is 14.9. The summed E-state index contributed by atoms with van der Waals surface area (Å²) in [5.74, 6) is -11.5. The van der Waals surface area contributed by atoms with Gasteiger partial charge in [-0.3, -0.25) is 47.9 Å². The SMILES string of the molecule is CC(=O)N[C@@H](CC(=O)O)C(=O)N[C@@H](CCC(=O)O)C(=O)N[C@H](C(=O)N[C@@H](CCC(=O)O)C(=O)N[C@@H](CC1CCCCC1)C(=O)N[C@@H](CS)C(=O)NCCc1c[nH]c2ccccc12)C(c1ccccc1)c1ccccc1. The molecule has 5 rings (SSSR count). The van der Waals surface area contributed by atoms with Crippen LogP contribution in [-0.4, -0.2) is 128 Å². The number of aromatic nitrogens is 1. The quantitative estimate of drug-likeness (QED) is 0.0349. The standard InChI is InChI=1S/C53H66N8O13S/c1-31(62)56-41(28-45(67)68)52(73)57-39(22-24-44(65)66)50(71)61-47(46(33-15-7-3-8-16-33)34-17-9-4-10-18-34)53(74)58-38(21-23-43(63)64)49(70)59-40(27-32-13-5-2-6-14-32)51(72)60-42(30-75)48(69)54-26-25-35-29-55-37-20-12-11-19-36(35)37/h3-4,7-12,15-20,29,32,38-42,46-47,55,75H,2,5-6,13-14,21-28,30H2,1H3,(H,54,69)(H,56,62)(H,57,73)(H,58,74)(H,59,70)(H,60,72)(H,61,71)(H,63,64)(H,65,66)(H,67,68)/t38-,39-,40-,41-,42-,47-/m0/s1. The molecule has 22 heteroatoms. The number of carbonyl (C=O) groups excluding carboxylic acids is 7. The minimum atomic E-state index is -1.73. The van der Waals surface area contributed by atoms with Crippen LogP contribution < -0.4 is 37.2 Å². The summed E-state index contributed by atoms with van der Waals surface area (Å²) >= 11 is 4.36. The van der Waals surface area contributed by atoms with Gasteiger partial charge in [0.05, 0.1) is 6.42 Å². The van der Waals surface area contributed by atoms with Crippen LogP contribution in [0.5, 0.6) is 0 Å². The van der Waals surface area contributed by atoms with Crippen molar-refractivity contribution in [1.82, 2.24) is 42.2 Å². The third-order valence-corrected chi connectivity index (χ3v) is 13.3. The number of hydrogen-bond donors (Lipinski definition) is 12. The van der Waals surface area contributed by atoms with Crippen molar-refractivity contribution in [2.24, 2.45) is 5.92 Å². The number of amides is 7. The summed E-state index contributed by atoms with van der Waals surface area (Å²) < 4.78 is 0. The van der Waals surface area contributed by atoms with Gasteiger partial charge in [0.2, 0.25) is 41.4 Å². The third kappa shape index (κ3) is 18.3. The maximum atomic E-state index is 15.0. The first-order valence-electron chi connectivity index (χ1n) is 24.9. The van der Waals surface area contributed by atoms with E-state index in [1.54, 1.807) is 60.7 Å². The molecule has 0 spiro atoms. The molecule has 1 saturated carbocycles. The smallest absolute Gasteiger partial charge is 0.305 e. The number of rotatable bonds is 29. The molecule has 1 heterocycles. The van der Waals surface area contributed by atoms with Crippen LogP contribution >= 0.6 is 12.6 Å². The monoisotopic (exact) mass is 1050 g/mol. The molecule has 11 N–H and O–H groups in total. The summed E-state index contributed by atoms with van der Waals surface area (Å²) in [6, 6.07) is 15.4. The van der Waals surface area contributed by atoms with Crippen molar-refractivity contribution < 1.29 is 63.3 Å². The zero-order valence-electron chi connectivity index (χ0n) is 41.5. The van der Waals surface area contributed by atoms with Crippen LogP contribution in [0.3, 0.4) is 0 Å². The zero-order chi connectivity index (χ0) is 54.4. The summed E-state index contributed by atoms with van der Waals surface area (Å²) in [4.78, 5) is 136. The fraction of sp³-hybridized carbons (Fsp3) is 0.434. The largest absolute Gasteiger partial charge is 0.481 e. The van der Waals surface area contributed by atoms with Crippen LogP contribution in [0.25, 0.3) is 10.9 Å². The highest BCUT2D eigenvalue weighted by Gasteiger charge is 2.39. The van der Waals surface area contributed by atoms with Crippen LogP contribution in [0.1, 0.15) is 100 Å². The van der Waals surface area contributed by atoms with E-state index < -0.39 is 134 Å². The molecule has 0 radical (unpaired) electrons. The second-order valence-corrected chi connectivity index (χ2v) is 18.9. The number of aromatic amines is 1. The number of para-hydroxylation sites is 1. The van der Waals surface area contributed by atoms with Gasteiger partial charge >= 0.3 is 17.9 Å². The predicted molar refractivity (Wildman–Crippen MR) is 278 cm³/mol. The number of nitrogens with one attached hydrogen (secondary N) is 8. The number of fused-ring (bicyclic) bond motifs is 1. The Morgan fingerprint density at radius 1 is 0.573 bits per heavy atom. The predicted octanol–water partition coefficient (Wildman–Crippen LogP) is 2.69. The molecular formula is C53H66N8O13S. The second kappa shape index (κ2) is 29.2. The fourth-order valence-electron chi connectivity index (χ4n) is 9.20. The summed E-state index contributed by atoms with van der Waals surface area (Å²) in [6.45, 7) is 1.28. The molecule has 6 atom stereocenters. The van der Waals surface area contributed by atoms with Gasteiger partial charge in [-0.05, 0) is 54.4 Å². The van der Waals surface area contributed by atoms with Crippen LogP contribution in [0, 0.1) is 5.92 Å². The van der Waals surface area contributed by atoms with E-state index in [-0.39, 0.29) is 24.6 Å². The van der Waals surface area contributed by atoms with E-state index >= 15 is 4.79 Å². The Labute approximate surface area is 438 Å². The maximum absolute atomic E-state index is 15.0. The minimum Gasteiger partial charge on any atom is -0.481 e. The van der Waals surface area contributed by atoms with Gasteiger partial charge in [0.25, 0.3) is 0 Å². The molecule has 0 bridgehead atoms. The summed E-state index contributed by atoms with van der Waals surface area (Å²) in [7, 11) is 0. The highest BCUT2D eigenvalue weighted by molar-refractivity contribution is 7.80. The van der Waals surface area contributed by atoms with Crippen molar-refractivity contribution in [3.8, 4) is 0 Å². The Kier molecular flexibility index (Phi) is 22.7. The molecule has 0 unspecified atom stereocenters. The lowest BCUT2D eigenvalue weighted by atomic mass is 9.84. The molecule has 21 nitrogen and oxygen atoms in total. The van der Waals surface area contributed by atoms with Gasteiger partial charge < -0.3 is 57.5 Å². The van der Waals surface area contributed by atoms with E-state index in [0.717, 1.165) is 55.5 Å².